The molecular formula is C84H73N3O25. The zero-order valence-corrected chi connectivity index (χ0v) is 59.5. The summed E-state index contributed by atoms with van der Waals surface area (Å²) >= 11 is 0. The first-order valence-corrected chi connectivity index (χ1v) is 35.5. The van der Waals surface area contributed by atoms with E-state index in [1.807, 2.05) is 0 Å². The molecule has 15 atom stereocenters. The summed E-state index contributed by atoms with van der Waals surface area (Å²) in [6.07, 6.45) is -28.8. The minimum absolute atomic E-state index is 0.00491. The SMILES string of the molecule is [N-]=[N+]=NCCCO[C@@H]1O[C@H](CO[C@@H]2O[C@H](CO[C@@H]3O[C@H](COC(=O)c4ccccc4)[C@H](OC(=O)c4ccccc4)[C@H](OC(=O)c4ccccc4)[C@H]3OC(=O)c3ccccc3)[C@H](OC(=O)c3ccccc3)[C@H](O)[C@H]2OC(=O)c2ccccc2)[C@H](OC(=O)c2ccccc2)[C@H](OC(=O)c2ccccc2)[C@H]1OC(=O)c1ccccc1. The molecular weight excluding hydrogens is 1450 g/mol. The molecule has 0 amide bonds. The summed E-state index contributed by atoms with van der Waals surface area (Å²) in [5, 5.41) is 16.7. The van der Waals surface area contributed by atoms with Crippen molar-refractivity contribution in [1.82, 2.24) is 0 Å². The van der Waals surface area contributed by atoms with E-state index in [0.29, 0.717) is 0 Å². The fourth-order valence-electron chi connectivity index (χ4n) is 12.2. The van der Waals surface area contributed by atoms with Gasteiger partial charge in [0.25, 0.3) is 0 Å². The minimum Gasteiger partial charge on any atom is -0.459 e. The van der Waals surface area contributed by atoms with Gasteiger partial charge in [-0.05, 0) is 121 Å². The first-order chi connectivity index (χ1) is 54.7. The lowest BCUT2D eigenvalue weighted by atomic mass is 9.96. The molecule has 0 radical (unpaired) electrons. The van der Waals surface area contributed by atoms with Gasteiger partial charge in [-0.25, -0.2) is 43.2 Å². The summed E-state index contributed by atoms with van der Waals surface area (Å²) in [6.45, 7) is -2.99. The molecule has 28 heteroatoms. The molecule has 0 saturated carbocycles. The van der Waals surface area contributed by atoms with E-state index in [4.69, 9.17) is 71.1 Å². The summed E-state index contributed by atoms with van der Waals surface area (Å²) in [5.41, 5.74) is 9.11. The number of aliphatic hydroxyl groups is 1. The standard InChI is InChI=1S/C84H73N3O25/c85-87-86-47-28-48-98-83-71(111-80(96)59-43-24-8-25-44-59)69(109-78(94)57-39-20-6-21-40-57)67(107-76(92)55-35-16-4-17-36-55)63(103-83)51-100-82-68(108-77(93)56-37-18-5-19-38-56)64(88)65(105-74(90)53-31-12-2-13-32-53)61(102-82)50-101-84-72(112-81(97)60-45-26-9-27-46-60)70(110-79(95)58-41-22-7-23-42-58)66(106-75(91)54-33-14-3-15-34-54)62(104-84)49-99-73(89)52-29-10-1-11-30-52/h1-27,29-46,61-72,82-84,88H,28,47-51H2/t61-,62-,63-,64+,65+,66+,67+,68-,69+,70+,71-,72-,82-,83-,84-/m1/s1. The Kier molecular flexibility index (Phi) is 27.5. The second-order valence-corrected chi connectivity index (χ2v) is 25.3. The van der Waals surface area contributed by atoms with Crippen LogP contribution >= 0.6 is 0 Å². The molecule has 3 heterocycles. The lowest BCUT2D eigenvalue weighted by Gasteiger charge is -2.47. The van der Waals surface area contributed by atoms with Gasteiger partial charge in [-0.2, -0.15) is 0 Å². The largest absolute Gasteiger partial charge is 0.459 e. The van der Waals surface area contributed by atoms with Gasteiger partial charge in [0.05, 0.1) is 69.9 Å². The monoisotopic (exact) mass is 1520 g/mol. The number of carbonyl (C=O) groups excluding carboxylic acids is 9. The van der Waals surface area contributed by atoms with Crippen molar-refractivity contribution in [2.24, 2.45) is 5.11 Å². The van der Waals surface area contributed by atoms with Crippen molar-refractivity contribution in [1.29, 1.82) is 0 Å². The van der Waals surface area contributed by atoms with Crippen LogP contribution < -0.4 is 0 Å². The number of esters is 9. The summed E-state index contributed by atoms with van der Waals surface area (Å²) in [5.74, 6) is -9.12. The third-order valence-corrected chi connectivity index (χ3v) is 17.8. The predicted molar refractivity (Wildman–Crippen MR) is 390 cm³/mol. The molecule has 112 heavy (non-hydrogen) atoms. The van der Waals surface area contributed by atoms with Gasteiger partial charge in [0.15, 0.2) is 67.7 Å². The quantitative estimate of drug-likeness (QED) is 0.0109. The zero-order valence-electron chi connectivity index (χ0n) is 59.5. The average Bonchev–Trinajstić information content (AvgIpc) is 0.771. The lowest BCUT2D eigenvalue weighted by molar-refractivity contribution is -0.340. The third kappa shape index (κ3) is 20.6. The van der Waals surface area contributed by atoms with E-state index in [9.17, 15) is 53.8 Å². The second kappa shape index (κ2) is 39.0. The molecule has 1 N–H and O–H groups in total. The van der Waals surface area contributed by atoms with E-state index in [0.717, 1.165) is 0 Å². The smallest absolute Gasteiger partial charge is 0.338 e. The van der Waals surface area contributed by atoms with Gasteiger partial charge in [0.1, 0.15) is 31.0 Å². The number of nitrogens with zero attached hydrogens (tertiary/aromatic N) is 3. The zero-order chi connectivity index (χ0) is 78.1. The maximum absolute atomic E-state index is 14.7. The van der Waals surface area contributed by atoms with Crippen LogP contribution in [0.4, 0.5) is 0 Å². The Morgan fingerprint density at radius 2 is 0.527 bits per heavy atom. The molecule has 574 valence electrons. The highest BCUT2D eigenvalue weighted by Gasteiger charge is 2.58. The van der Waals surface area contributed by atoms with Crippen molar-refractivity contribution in [2.45, 2.75) is 98.5 Å². The summed E-state index contributed by atoms with van der Waals surface area (Å²) in [7, 11) is 0. The number of rotatable bonds is 30. The first-order valence-electron chi connectivity index (χ1n) is 35.5. The van der Waals surface area contributed by atoms with Crippen molar-refractivity contribution in [3.63, 3.8) is 0 Å². The van der Waals surface area contributed by atoms with Gasteiger partial charge >= 0.3 is 53.7 Å². The van der Waals surface area contributed by atoms with Gasteiger partial charge in [-0.1, -0.05) is 169 Å². The van der Waals surface area contributed by atoms with Crippen LogP contribution in [0.2, 0.25) is 0 Å². The number of hydrogen-bond acceptors (Lipinski definition) is 26. The number of benzene rings is 9. The predicted octanol–water partition coefficient (Wildman–Crippen LogP) is 10.9. The van der Waals surface area contributed by atoms with Crippen LogP contribution in [0.3, 0.4) is 0 Å². The molecule has 28 nitrogen and oxygen atoms in total. The topological polar surface area (TPSA) is 361 Å². The normalized spacial score (nSPS) is 23.1. The van der Waals surface area contributed by atoms with Crippen LogP contribution in [0.25, 0.3) is 10.4 Å². The van der Waals surface area contributed by atoms with E-state index >= 15 is 0 Å². The van der Waals surface area contributed by atoms with E-state index in [-0.39, 0.29) is 69.6 Å². The Hall–Kier alpha value is -12.8. The summed E-state index contributed by atoms with van der Waals surface area (Å²) < 4.78 is 95.8. The average molecular weight is 1520 g/mol. The Labute approximate surface area is 640 Å². The van der Waals surface area contributed by atoms with Crippen LogP contribution in [-0.2, 0) is 71.1 Å². The molecule has 3 saturated heterocycles. The molecule has 0 unspecified atom stereocenters. The van der Waals surface area contributed by atoms with E-state index in [2.05, 4.69) is 10.0 Å². The number of hydrogen-bond donors (Lipinski definition) is 1. The van der Waals surface area contributed by atoms with Gasteiger partial charge in [0.2, 0.25) is 0 Å². The van der Waals surface area contributed by atoms with E-state index in [1.165, 1.54) is 133 Å². The van der Waals surface area contributed by atoms with Gasteiger partial charge in [-0.3, -0.25) is 0 Å². The van der Waals surface area contributed by atoms with Crippen molar-refractivity contribution < 1.29 is 119 Å². The van der Waals surface area contributed by atoms with E-state index < -0.39 is 166 Å². The highest BCUT2D eigenvalue weighted by atomic mass is 16.8. The fourth-order valence-corrected chi connectivity index (χ4v) is 12.2. The van der Waals surface area contributed by atoms with Crippen molar-refractivity contribution in [3.05, 3.63) is 334 Å². The second-order valence-electron chi connectivity index (χ2n) is 25.3. The van der Waals surface area contributed by atoms with E-state index in [1.54, 1.807) is 140 Å². The Morgan fingerprint density at radius 3 is 0.830 bits per heavy atom. The molecule has 0 bridgehead atoms. The number of azide groups is 1. The molecule has 9 aromatic rings. The van der Waals surface area contributed by atoms with Crippen molar-refractivity contribution in [2.75, 3.05) is 33.0 Å². The van der Waals surface area contributed by atoms with Crippen LogP contribution in [0, 0.1) is 0 Å². The number of aliphatic hydroxyl groups excluding tert-OH is 1. The van der Waals surface area contributed by atoms with Gasteiger partial charge < -0.3 is 76.2 Å². The van der Waals surface area contributed by atoms with Gasteiger partial charge in [-0.15, -0.1) is 0 Å². The Bertz CT molecular complexity index is 4680. The summed E-state index contributed by atoms with van der Waals surface area (Å²) in [4.78, 5) is 133. The minimum atomic E-state index is -2.22. The highest BCUT2D eigenvalue weighted by Crippen LogP contribution is 2.37. The molecule has 3 aliphatic rings. The molecule has 3 fully saturated rings. The third-order valence-electron chi connectivity index (χ3n) is 17.8. The van der Waals surface area contributed by atoms with Crippen LogP contribution in [0.1, 0.15) is 99.6 Å². The molecule has 12 rings (SSSR count). The van der Waals surface area contributed by atoms with Crippen molar-refractivity contribution >= 4 is 53.7 Å². The van der Waals surface area contributed by atoms with Gasteiger partial charge in [0, 0.05) is 11.5 Å². The maximum Gasteiger partial charge on any atom is 0.338 e. The summed E-state index contributed by atoms with van der Waals surface area (Å²) in [6, 6.07) is 68.6. The maximum atomic E-state index is 14.7. The Balaban J connectivity index is 0.956. The molecule has 3 aliphatic heterocycles. The Morgan fingerprint density at radius 1 is 0.295 bits per heavy atom. The lowest BCUT2D eigenvalue weighted by Crippen LogP contribution is -2.65. The molecule has 0 aromatic heterocycles. The van der Waals surface area contributed by atoms with Crippen molar-refractivity contribution in [3.8, 4) is 0 Å². The van der Waals surface area contributed by atoms with Crippen LogP contribution in [0.5, 0.6) is 0 Å². The molecule has 0 aliphatic carbocycles. The van der Waals surface area contributed by atoms with Crippen LogP contribution in [-0.4, -0.2) is 184 Å². The number of ether oxygens (including phenoxy) is 15. The number of carbonyl (C=O) groups is 9. The van der Waals surface area contributed by atoms with Crippen LogP contribution in [0.15, 0.2) is 278 Å². The molecule has 9 aromatic carbocycles. The highest BCUT2D eigenvalue weighted by molar-refractivity contribution is 5.94. The molecule has 0 spiro atoms. The fraction of sp³-hybridized carbons (Fsp3) is 0.250. The first kappa shape index (κ1) is 78.8.